The quantitative estimate of drug-likeness (QED) is 0.768. The first-order valence-electron chi connectivity index (χ1n) is 9.91. The van der Waals surface area contributed by atoms with Crippen molar-refractivity contribution in [2.45, 2.75) is 45.2 Å². The van der Waals surface area contributed by atoms with E-state index < -0.39 is 6.04 Å². The molecule has 1 aliphatic carbocycles. The number of nitrogens with zero attached hydrogens (tertiary/aromatic N) is 2. The zero-order chi connectivity index (χ0) is 20.7. The van der Waals surface area contributed by atoms with E-state index in [-0.39, 0.29) is 24.9 Å². The van der Waals surface area contributed by atoms with Gasteiger partial charge in [0, 0.05) is 23.3 Å². The van der Waals surface area contributed by atoms with Crippen LogP contribution in [0.3, 0.4) is 0 Å². The number of hydrogen-bond donors (Lipinski definition) is 1. The molecular formula is C23H24Cl2N2O2. The zero-order valence-corrected chi connectivity index (χ0v) is 18.1. The second-order valence-corrected chi connectivity index (χ2v) is 8.70. The van der Waals surface area contributed by atoms with Gasteiger partial charge in [-0.3, -0.25) is 14.7 Å². The number of Topliss-reactive ketones (excluding diaryl/α,β-unsaturated/α-hetero) is 1. The van der Waals surface area contributed by atoms with Crippen molar-refractivity contribution in [3.63, 3.8) is 0 Å². The molecule has 1 aliphatic heterocycles. The van der Waals surface area contributed by atoms with Gasteiger partial charge in [0.1, 0.15) is 0 Å². The Kier molecular flexibility index (Phi) is 5.80. The minimum atomic E-state index is -0.538. The van der Waals surface area contributed by atoms with Crippen LogP contribution in [0, 0.1) is 6.92 Å². The molecule has 0 saturated carbocycles. The van der Waals surface area contributed by atoms with E-state index in [1.165, 1.54) is 22.3 Å². The van der Waals surface area contributed by atoms with Crippen LogP contribution in [0.4, 0.5) is 0 Å². The van der Waals surface area contributed by atoms with E-state index in [0.717, 1.165) is 24.4 Å². The molecule has 4 rings (SSSR count). The fourth-order valence-corrected chi connectivity index (χ4v) is 4.88. The van der Waals surface area contributed by atoms with Gasteiger partial charge in [0.15, 0.2) is 5.78 Å². The Morgan fingerprint density at radius 1 is 1.31 bits per heavy atom. The molecule has 0 spiro atoms. The first kappa shape index (κ1) is 20.5. The van der Waals surface area contributed by atoms with Gasteiger partial charge in [0.25, 0.3) is 0 Å². The van der Waals surface area contributed by atoms with Crippen LogP contribution >= 0.6 is 23.2 Å². The van der Waals surface area contributed by atoms with Gasteiger partial charge in [-0.1, -0.05) is 29.3 Å². The van der Waals surface area contributed by atoms with Crippen LogP contribution in [0.25, 0.3) is 5.57 Å². The number of benzene rings is 1. The fraction of sp³-hybridized carbons (Fsp3) is 0.391. The lowest BCUT2D eigenvalue weighted by atomic mass is 9.91. The molecule has 4 nitrogen and oxygen atoms in total. The molecule has 152 valence electrons. The Morgan fingerprint density at radius 2 is 2.10 bits per heavy atom. The predicted molar refractivity (Wildman–Crippen MR) is 116 cm³/mol. The van der Waals surface area contributed by atoms with Crippen LogP contribution in [0.2, 0.25) is 10.0 Å². The van der Waals surface area contributed by atoms with Crippen LogP contribution in [-0.4, -0.2) is 46.0 Å². The summed E-state index contributed by atoms with van der Waals surface area (Å²) in [6, 6.07) is 9.17. The van der Waals surface area contributed by atoms with Crippen LogP contribution in [0.5, 0.6) is 0 Å². The fourth-order valence-electron chi connectivity index (χ4n) is 4.61. The Bertz CT molecular complexity index is 1000. The second-order valence-electron chi connectivity index (χ2n) is 7.86. The number of pyridine rings is 1. The number of fused-ring (bicyclic) bond motifs is 2. The maximum absolute atomic E-state index is 13.0. The molecular weight excluding hydrogens is 407 g/mol. The van der Waals surface area contributed by atoms with Crippen molar-refractivity contribution in [1.29, 1.82) is 0 Å². The molecule has 6 heteroatoms. The molecule has 0 amide bonds. The first-order valence-corrected chi connectivity index (χ1v) is 10.7. The van der Waals surface area contributed by atoms with Crippen LogP contribution < -0.4 is 0 Å². The van der Waals surface area contributed by atoms with Gasteiger partial charge in [-0.2, -0.15) is 0 Å². The van der Waals surface area contributed by atoms with Crippen molar-refractivity contribution in [1.82, 2.24) is 9.88 Å². The Labute approximate surface area is 181 Å². The third-order valence-electron chi connectivity index (χ3n) is 6.17. The summed E-state index contributed by atoms with van der Waals surface area (Å²) in [5, 5.41) is 11.4. The van der Waals surface area contributed by atoms with Gasteiger partial charge in [-0.25, -0.2) is 0 Å². The summed E-state index contributed by atoms with van der Waals surface area (Å²) in [7, 11) is 0. The molecule has 0 radical (unpaired) electrons. The summed E-state index contributed by atoms with van der Waals surface area (Å²) in [6.45, 7) is 4.49. The minimum Gasteiger partial charge on any atom is -0.394 e. The summed E-state index contributed by atoms with van der Waals surface area (Å²) >= 11 is 12.2. The number of aliphatic hydroxyl groups is 1. The molecule has 1 N–H and O–H groups in total. The topological polar surface area (TPSA) is 53.4 Å². The van der Waals surface area contributed by atoms with Gasteiger partial charge in [-0.15, -0.1) is 0 Å². The number of ketones is 1. The van der Waals surface area contributed by atoms with Crippen molar-refractivity contribution in [2.75, 3.05) is 13.2 Å². The first-order chi connectivity index (χ1) is 13.9. The number of carbonyl (C=O) groups excluding carboxylic acids is 1. The van der Waals surface area contributed by atoms with Gasteiger partial charge >= 0.3 is 0 Å². The summed E-state index contributed by atoms with van der Waals surface area (Å²) in [6.07, 6.45) is 1.92. The SMILES string of the molecule is Cc1nc(CC(=O)C(CO)N2CCC3=C(Cc4ccc(Cl)cc43)C2C)ccc1Cl. The summed E-state index contributed by atoms with van der Waals surface area (Å²) < 4.78 is 0. The molecule has 2 aliphatic rings. The number of aryl methyl sites for hydroxylation is 1. The normalized spacial score (nSPS) is 19.8. The lowest BCUT2D eigenvalue weighted by Crippen LogP contribution is -2.51. The highest BCUT2D eigenvalue weighted by molar-refractivity contribution is 6.31. The molecule has 0 fully saturated rings. The lowest BCUT2D eigenvalue weighted by Gasteiger charge is -2.39. The van der Waals surface area contributed by atoms with E-state index >= 15 is 0 Å². The minimum absolute atomic E-state index is 0.0174. The van der Waals surface area contributed by atoms with E-state index in [1.54, 1.807) is 12.1 Å². The molecule has 0 bridgehead atoms. The van der Waals surface area contributed by atoms with E-state index in [1.807, 2.05) is 19.1 Å². The number of hydrogen-bond acceptors (Lipinski definition) is 4. The van der Waals surface area contributed by atoms with Gasteiger partial charge in [-0.05, 0) is 73.2 Å². The zero-order valence-electron chi connectivity index (χ0n) is 16.6. The Hall–Kier alpha value is -1.72. The van der Waals surface area contributed by atoms with Crippen molar-refractivity contribution in [3.05, 3.63) is 68.5 Å². The summed E-state index contributed by atoms with van der Waals surface area (Å²) in [4.78, 5) is 19.6. The maximum Gasteiger partial charge on any atom is 0.158 e. The number of aromatic nitrogens is 1. The summed E-state index contributed by atoms with van der Waals surface area (Å²) in [5.74, 6) is -0.0174. The number of rotatable bonds is 5. The Balaban J connectivity index is 1.54. The molecule has 2 aromatic rings. The van der Waals surface area contributed by atoms with E-state index in [0.29, 0.717) is 16.4 Å². The standard InChI is InChI=1S/C23H24Cl2N2O2/c1-13-21(25)6-5-17(26-13)11-23(29)22(12-28)27-8-7-18-19(14(27)2)9-15-3-4-16(24)10-20(15)18/h3-6,10,14,22,28H,7-9,11-12H2,1-2H3. The van der Waals surface area contributed by atoms with Crippen LogP contribution in [0.1, 0.15) is 35.9 Å². The van der Waals surface area contributed by atoms with E-state index in [4.69, 9.17) is 23.2 Å². The third-order valence-corrected chi connectivity index (χ3v) is 6.80. The molecule has 0 saturated heterocycles. The second kappa shape index (κ2) is 8.19. The number of halogens is 2. The van der Waals surface area contributed by atoms with E-state index in [9.17, 15) is 9.90 Å². The Morgan fingerprint density at radius 3 is 2.83 bits per heavy atom. The molecule has 29 heavy (non-hydrogen) atoms. The van der Waals surface area contributed by atoms with Gasteiger partial charge in [0.05, 0.1) is 29.8 Å². The smallest absolute Gasteiger partial charge is 0.158 e. The molecule has 2 atom stereocenters. The highest BCUT2D eigenvalue weighted by Crippen LogP contribution is 2.42. The van der Waals surface area contributed by atoms with Crippen molar-refractivity contribution in [3.8, 4) is 0 Å². The lowest BCUT2D eigenvalue weighted by molar-refractivity contribution is -0.125. The molecule has 2 heterocycles. The predicted octanol–water partition coefficient (Wildman–Crippen LogP) is 4.27. The van der Waals surface area contributed by atoms with Gasteiger partial charge < -0.3 is 5.11 Å². The molecule has 1 aromatic carbocycles. The molecule has 2 unspecified atom stereocenters. The van der Waals surface area contributed by atoms with E-state index in [2.05, 4.69) is 22.9 Å². The number of carbonyl (C=O) groups is 1. The van der Waals surface area contributed by atoms with Crippen LogP contribution in [-0.2, 0) is 17.6 Å². The van der Waals surface area contributed by atoms with Crippen molar-refractivity contribution in [2.24, 2.45) is 0 Å². The highest BCUT2D eigenvalue weighted by atomic mass is 35.5. The molecule has 1 aromatic heterocycles. The average molecular weight is 431 g/mol. The monoisotopic (exact) mass is 430 g/mol. The summed E-state index contributed by atoms with van der Waals surface area (Å²) in [5.41, 5.74) is 6.61. The van der Waals surface area contributed by atoms with Crippen LogP contribution in [0.15, 0.2) is 35.9 Å². The van der Waals surface area contributed by atoms with Crippen molar-refractivity contribution < 1.29 is 9.90 Å². The maximum atomic E-state index is 13.0. The van der Waals surface area contributed by atoms with Gasteiger partial charge in [0.2, 0.25) is 0 Å². The largest absolute Gasteiger partial charge is 0.394 e. The third kappa shape index (κ3) is 3.87. The average Bonchev–Trinajstić information content (AvgIpc) is 3.06. The van der Waals surface area contributed by atoms with Crippen molar-refractivity contribution >= 4 is 34.6 Å². The number of aliphatic hydroxyl groups excluding tert-OH is 1. The highest BCUT2D eigenvalue weighted by Gasteiger charge is 2.37.